The fourth-order valence-corrected chi connectivity index (χ4v) is 2.97. The molecule has 6 nitrogen and oxygen atoms in total. The van der Waals surface area contributed by atoms with Gasteiger partial charge >= 0.3 is 0 Å². The van der Waals surface area contributed by atoms with Crippen molar-refractivity contribution in [3.8, 4) is 11.5 Å². The molecule has 0 saturated carbocycles. The Kier molecular flexibility index (Phi) is 5.07. The van der Waals surface area contributed by atoms with Crippen LogP contribution in [0, 0.1) is 0 Å². The lowest BCUT2D eigenvalue weighted by atomic mass is 10.0. The standard InChI is InChI=1S/C23H18N2O4/c1-27-20-8-7-16(14-21(20)28-2)22(26)17(13-15-9-11-24-12-10-15)23-25-18-5-3-4-6-19(18)29-23/h3-14H,1-2H3. The van der Waals surface area contributed by atoms with Crippen LogP contribution in [-0.4, -0.2) is 30.0 Å². The van der Waals surface area contributed by atoms with Crippen LogP contribution in [0.15, 0.2) is 71.4 Å². The minimum atomic E-state index is -0.241. The summed E-state index contributed by atoms with van der Waals surface area (Å²) in [5.74, 6) is 1.03. The first kappa shape index (κ1) is 18.4. The molecule has 0 radical (unpaired) electrons. The van der Waals surface area contributed by atoms with E-state index in [0.29, 0.717) is 33.7 Å². The number of hydrogen-bond acceptors (Lipinski definition) is 6. The molecule has 0 saturated heterocycles. The van der Waals surface area contributed by atoms with Gasteiger partial charge in [0.05, 0.1) is 19.8 Å². The summed E-state index contributed by atoms with van der Waals surface area (Å²) in [5.41, 5.74) is 2.88. The molecular formula is C23H18N2O4. The van der Waals surface area contributed by atoms with Gasteiger partial charge in [-0.05, 0) is 54.1 Å². The maximum Gasteiger partial charge on any atom is 0.231 e. The van der Waals surface area contributed by atoms with Gasteiger partial charge in [0.1, 0.15) is 5.52 Å². The Morgan fingerprint density at radius 2 is 1.72 bits per heavy atom. The van der Waals surface area contributed by atoms with Gasteiger partial charge in [0.2, 0.25) is 5.89 Å². The number of allylic oxidation sites excluding steroid dienone is 1. The van der Waals surface area contributed by atoms with Crippen molar-refractivity contribution in [3.05, 3.63) is 84.0 Å². The number of oxazole rings is 1. The van der Waals surface area contributed by atoms with E-state index in [1.807, 2.05) is 36.4 Å². The molecule has 0 atom stereocenters. The molecule has 4 aromatic rings. The van der Waals surface area contributed by atoms with Crippen LogP contribution >= 0.6 is 0 Å². The number of carbonyl (C=O) groups excluding carboxylic acids is 1. The SMILES string of the molecule is COc1ccc(C(=O)C(=Cc2ccncc2)c2nc3ccccc3o2)cc1OC. The Morgan fingerprint density at radius 3 is 2.45 bits per heavy atom. The fourth-order valence-electron chi connectivity index (χ4n) is 2.97. The molecule has 0 aliphatic carbocycles. The summed E-state index contributed by atoms with van der Waals surface area (Å²) in [6, 6.07) is 16.0. The lowest BCUT2D eigenvalue weighted by molar-refractivity contribution is 0.105. The van der Waals surface area contributed by atoms with E-state index in [0.717, 1.165) is 5.56 Å². The maximum absolute atomic E-state index is 13.4. The average Bonchev–Trinajstić information content (AvgIpc) is 3.21. The molecule has 0 aliphatic rings. The predicted octanol–water partition coefficient (Wildman–Crippen LogP) is 4.66. The highest BCUT2D eigenvalue weighted by Crippen LogP contribution is 2.31. The first-order valence-corrected chi connectivity index (χ1v) is 8.94. The highest BCUT2D eigenvalue weighted by atomic mass is 16.5. The largest absolute Gasteiger partial charge is 0.493 e. The van der Waals surface area contributed by atoms with Gasteiger partial charge in [0.25, 0.3) is 0 Å². The summed E-state index contributed by atoms with van der Waals surface area (Å²) in [6.45, 7) is 0. The van der Waals surface area contributed by atoms with Crippen LogP contribution in [0.1, 0.15) is 21.8 Å². The van der Waals surface area contributed by atoms with Gasteiger partial charge in [-0.2, -0.15) is 0 Å². The van der Waals surface area contributed by atoms with Crippen molar-refractivity contribution in [3.63, 3.8) is 0 Å². The molecule has 2 heterocycles. The molecule has 4 rings (SSSR count). The number of ether oxygens (including phenoxy) is 2. The van der Waals surface area contributed by atoms with Gasteiger partial charge < -0.3 is 13.9 Å². The van der Waals surface area contributed by atoms with Crippen LogP contribution in [0.5, 0.6) is 11.5 Å². The Labute approximate surface area is 167 Å². The van der Waals surface area contributed by atoms with Gasteiger partial charge in [-0.15, -0.1) is 0 Å². The number of benzene rings is 2. The number of hydrogen-bond donors (Lipinski definition) is 0. The molecule has 0 spiro atoms. The third kappa shape index (κ3) is 3.73. The van der Waals surface area contributed by atoms with E-state index < -0.39 is 0 Å². The molecule has 144 valence electrons. The summed E-state index contributed by atoms with van der Waals surface area (Å²) in [7, 11) is 3.08. The minimum Gasteiger partial charge on any atom is -0.493 e. The lowest BCUT2D eigenvalue weighted by Gasteiger charge is -2.10. The zero-order chi connectivity index (χ0) is 20.2. The second kappa shape index (κ2) is 7.98. The maximum atomic E-state index is 13.4. The summed E-state index contributed by atoms with van der Waals surface area (Å²) in [5, 5.41) is 0. The van der Waals surface area contributed by atoms with Crippen LogP contribution in [-0.2, 0) is 0 Å². The monoisotopic (exact) mass is 386 g/mol. The first-order valence-electron chi connectivity index (χ1n) is 8.94. The summed E-state index contributed by atoms with van der Waals surface area (Å²) < 4.78 is 16.5. The van der Waals surface area contributed by atoms with Gasteiger partial charge in [0.15, 0.2) is 22.9 Å². The number of methoxy groups -OCH3 is 2. The van der Waals surface area contributed by atoms with Gasteiger partial charge in [-0.3, -0.25) is 9.78 Å². The van der Waals surface area contributed by atoms with Crippen molar-refractivity contribution in [2.75, 3.05) is 14.2 Å². The van der Waals surface area contributed by atoms with Gasteiger partial charge in [0, 0.05) is 18.0 Å². The van der Waals surface area contributed by atoms with Crippen molar-refractivity contribution in [2.24, 2.45) is 0 Å². The molecule has 0 N–H and O–H groups in total. The molecule has 6 heteroatoms. The molecule has 0 bridgehead atoms. The normalized spacial score (nSPS) is 11.4. The second-order valence-electron chi connectivity index (χ2n) is 6.22. The zero-order valence-electron chi connectivity index (χ0n) is 16.0. The highest BCUT2D eigenvalue weighted by molar-refractivity contribution is 6.31. The number of aromatic nitrogens is 2. The van der Waals surface area contributed by atoms with Gasteiger partial charge in [-0.1, -0.05) is 12.1 Å². The van der Waals surface area contributed by atoms with Crippen molar-refractivity contribution in [1.82, 2.24) is 9.97 Å². The van der Waals surface area contributed by atoms with Crippen molar-refractivity contribution >= 4 is 28.5 Å². The van der Waals surface area contributed by atoms with E-state index >= 15 is 0 Å². The number of carbonyl (C=O) groups is 1. The Balaban J connectivity index is 1.84. The Hall–Kier alpha value is -3.93. The number of rotatable bonds is 6. The number of pyridine rings is 1. The summed E-state index contributed by atoms with van der Waals surface area (Å²) in [6.07, 6.45) is 5.07. The Bertz CT molecular complexity index is 1160. The number of fused-ring (bicyclic) bond motifs is 1. The summed E-state index contributed by atoms with van der Waals surface area (Å²) >= 11 is 0. The minimum absolute atomic E-state index is 0.241. The first-order chi connectivity index (χ1) is 14.2. The number of ketones is 1. The van der Waals surface area contributed by atoms with Crippen molar-refractivity contribution in [1.29, 1.82) is 0 Å². The van der Waals surface area contributed by atoms with Crippen LogP contribution in [0.25, 0.3) is 22.7 Å². The molecule has 0 aliphatic heterocycles. The average molecular weight is 386 g/mol. The van der Waals surface area contributed by atoms with E-state index in [9.17, 15) is 4.79 Å². The highest BCUT2D eigenvalue weighted by Gasteiger charge is 2.21. The fraction of sp³-hybridized carbons (Fsp3) is 0.0870. The topological polar surface area (TPSA) is 74.5 Å². The number of para-hydroxylation sites is 2. The van der Waals surface area contributed by atoms with Crippen LogP contribution in [0.4, 0.5) is 0 Å². The van der Waals surface area contributed by atoms with E-state index in [-0.39, 0.29) is 11.7 Å². The van der Waals surface area contributed by atoms with Crippen molar-refractivity contribution < 1.29 is 18.7 Å². The van der Waals surface area contributed by atoms with Gasteiger partial charge in [-0.25, -0.2) is 4.98 Å². The lowest BCUT2D eigenvalue weighted by Crippen LogP contribution is -2.04. The third-order valence-corrected chi connectivity index (χ3v) is 4.43. The molecule has 0 unspecified atom stereocenters. The number of nitrogens with zero attached hydrogens (tertiary/aromatic N) is 2. The summed E-state index contributed by atoms with van der Waals surface area (Å²) in [4.78, 5) is 21.9. The van der Waals surface area contributed by atoms with E-state index in [2.05, 4.69) is 9.97 Å². The molecule has 0 fully saturated rings. The zero-order valence-corrected chi connectivity index (χ0v) is 16.0. The predicted molar refractivity (Wildman–Crippen MR) is 110 cm³/mol. The molecule has 29 heavy (non-hydrogen) atoms. The molecular weight excluding hydrogens is 368 g/mol. The second-order valence-corrected chi connectivity index (χ2v) is 6.22. The van der Waals surface area contributed by atoms with Crippen LogP contribution < -0.4 is 9.47 Å². The Morgan fingerprint density at radius 1 is 0.966 bits per heavy atom. The quantitative estimate of drug-likeness (QED) is 0.354. The molecule has 2 aromatic carbocycles. The third-order valence-electron chi connectivity index (χ3n) is 4.43. The van der Waals surface area contributed by atoms with E-state index in [1.54, 1.807) is 43.8 Å². The van der Waals surface area contributed by atoms with Crippen LogP contribution in [0.2, 0.25) is 0 Å². The molecule has 2 aromatic heterocycles. The molecule has 0 amide bonds. The van der Waals surface area contributed by atoms with Crippen molar-refractivity contribution in [2.45, 2.75) is 0 Å². The number of Topliss-reactive ketones (excluding diaryl/α,β-unsaturated/α-hetero) is 1. The van der Waals surface area contributed by atoms with E-state index in [4.69, 9.17) is 13.9 Å². The van der Waals surface area contributed by atoms with Crippen LogP contribution in [0.3, 0.4) is 0 Å². The van der Waals surface area contributed by atoms with E-state index in [1.165, 1.54) is 7.11 Å². The smallest absolute Gasteiger partial charge is 0.231 e.